The largest absolute Gasteiger partial charge is 0.347 e. The molecule has 4 heterocycles. The molecule has 0 bridgehead atoms. The Bertz CT molecular complexity index is 1380. The maximum atomic E-state index is 13.2. The fourth-order valence-electron chi connectivity index (χ4n) is 3.87. The van der Waals surface area contributed by atoms with Gasteiger partial charge in [-0.05, 0) is 48.6 Å². The molecule has 0 atom stereocenters. The Morgan fingerprint density at radius 2 is 1.83 bits per heavy atom. The van der Waals surface area contributed by atoms with Crippen molar-refractivity contribution in [3.8, 4) is 0 Å². The third-order valence-electron chi connectivity index (χ3n) is 5.84. The lowest BCUT2D eigenvalue weighted by molar-refractivity contribution is -0.128. The van der Waals surface area contributed by atoms with Crippen LogP contribution in [0.4, 0.5) is 0 Å². The molecular formula is C23H22ClN5O5S2. The van der Waals surface area contributed by atoms with E-state index in [1.165, 1.54) is 9.37 Å². The highest BCUT2D eigenvalue weighted by molar-refractivity contribution is 7.91. The van der Waals surface area contributed by atoms with Gasteiger partial charge < -0.3 is 10.2 Å². The van der Waals surface area contributed by atoms with Crippen molar-refractivity contribution in [1.82, 2.24) is 25.1 Å². The van der Waals surface area contributed by atoms with Crippen molar-refractivity contribution in [2.24, 2.45) is 0 Å². The van der Waals surface area contributed by atoms with Gasteiger partial charge in [0, 0.05) is 53.4 Å². The molecule has 3 aliphatic rings. The van der Waals surface area contributed by atoms with Crippen molar-refractivity contribution in [2.75, 3.05) is 26.2 Å². The fraction of sp³-hybridized carbons (Fsp3) is 0.217. The molecule has 36 heavy (non-hydrogen) atoms. The molecule has 2 N–H and O–H groups in total. The van der Waals surface area contributed by atoms with Gasteiger partial charge in [-0.15, -0.1) is 11.3 Å². The lowest BCUT2D eigenvalue weighted by Crippen LogP contribution is -2.50. The third-order valence-corrected chi connectivity index (χ3v) is 9.54. The molecule has 1 aromatic carbocycles. The first-order valence-corrected chi connectivity index (χ1v) is 13.7. The number of fused-ring (bicyclic) bond motifs is 1. The number of sulfonamides is 1. The molecule has 5 rings (SSSR count). The van der Waals surface area contributed by atoms with Crippen LogP contribution in [0.3, 0.4) is 0 Å². The summed E-state index contributed by atoms with van der Waals surface area (Å²) in [7, 11) is -3.71. The van der Waals surface area contributed by atoms with Gasteiger partial charge in [-0.25, -0.2) is 19.0 Å². The summed E-state index contributed by atoms with van der Waals surface area (Å²) in [5.41, 5.74) is 4.29. The molecule has 13 heteroatoms. The Labute approximate surface area is 217 Å². The van der Waals surface area contributed by atoms with Gasteiger partial charge in [0.2, 0.25) is 0 Å². The third kappa shape index (κ3) is 5.04. The highest BCUT2D eigenvalue weighted by Crippen LogP contribution is 2.27. The van der Waals surface area contributed by atoms with E-state index in [-0.39, 0.29) is 48.7 Å². The number of carbonyl (C=O) groups excluding carboxylic acids is 2. The number of benzene rings is 1. The van der Waals surface area contributed by atoms with Crippen LogP contribution < -0.4 is 10.8 Å². The second-order valence-electron chi connectivity index (χ2n) is 8.13. The van der Waals surface area contributed by atoms with Crippen LogP contribution in [0.15, 0.2) is 76.4 Å². The SMILES string of the molecule is O=C(NCc1ccc(S(=O)(=O)N2CCN(C(=O)C3=CC4=CNON4C=C3)CC2)s1)c1ccc(Cl)cc1. The molecule has 0 aliphatic carbocycles. The summed E-state index contributed by atoms with van der Waals surface area (Å²) >= 11 is 6.97. The van der Waals surface area contributed by atoms with E-state index in [9.17, 15) is 18.0 Å². The lowest BCUT2D eigenvalue weighted by atomic mass is 10.1. The van der Waals surface area contributed by atoms with Crippen molar-refractivity contribution in [3.63, 3.8) is 0 Å². The Morgan fingerprint density at radius 1 is 1.08 bits per heavy atom. The topological polar surface area (TPSA) is 111 Å². The van der Waals surface area contributed by atoms with Crippen molar-refractivity contribution < 1.29 is 22.9 Å². The van der Waals surface area contributed by atoms with Crippen LogP contribution >= 0.6 is 22.9 Å². The number of nitrogens with zero attached hydrogens (tertiary/aromatic N) is 3. The number of rotatable bonds is 6. The minimum Gasteiger partial charge on any atom is -0.347 e. The molecule has 188 valence electrons. The zero-order chi connectivity index (χ0) is 25.3. The predicted octanol–water partition coefficient (Wildman–Crippen LogP) is 2.21. The number of halogens is 1. The van der Waals surface area contributed by atoms with E-state index in [1.54, 1.807) is 65.9 Å². The van der Waals surface area contributed by atoms with Crippen molar-refractivity contribution in [3.05, 3.63) is 87.7 Å². The molecule has 2 aromatic rings. The Morgan fingerprint density at radius 3 is 2.58 bits per heavy atom. The standard InChI is InChI=1S/C23H22ClN5O5S2/c24-18-3-1-16(2-4-18)22(30)25-15-20-5-6-21(35-20)36(32,33)28-11-9-27(10-12-28)23(31)17-7-8-29-19(13-17)14-26-34-29/h1-8,13-14,26H,9-12,15H2,(H,25,30). The van der Waals surface area contributed by atoms with E-state index >= 15 is 0 Å². The summed E-state index contributed by atoms with van der Waals surface area (Å²) in [5.74, 6) is -0.431. The summed E-state index contributed by atoms with van der Waals surface area (Å²) in [6, 6.07) is 9.77. The molecule has 1 aromatic heterocycles. The van der Waals surface area contributed by atoms with Gasteiger partial charge >= 0.3 is 0 Å². The van der Waals surface area contributed by atoms with Crippen LogP contribution in [0.1, 0.15) is 15.2 Å². The average molecular weight is 548 g/mol. The molecule has 10 nitrogen and oxygen atoms in total. The Hall–Kier alpha value is -3.16. The van der Waals surface area contributed by atoms with E-state index in [1.807, 2.05) is 0 Å². The first kappa shape index (κ1) is 24.5. The summed E-state index contributed by atoms with van der Waals surface area (Å²) in [6.07, 6.45) is 6.66. The first-order chi connectivity index (χ1) is 17.3. The smallest absolute Gasteiger partial charge is 0.254 e. The van der Waals surface area contributed by atoms with E-state index in [0.717, 1.165) is 16.2 Å². The second-order valence-corrected chi connectivity index (χ2v) is 11.9. The minimum atomic E-state index is -3.71. The second kappa shape index (κ2) is 10.1. The molecule has 0 unspecified atom stereocenters. The molecule has 1 saturated heterocycles. The predicted molar refractivity (Wildman–Crippen MR) is 134 cm³/mol. The normalized spacial score (nSPS) is 17.8. The molecular weight excluding hydrogens is 526 g/mol. The number of allylic oxidation sites excluding steroid dienone is 1. The molecule has 0 spiro atoms. The molecule has 1 fully saturated rings. The van der Waals surface area contributed by atoms with Gasteiger partial charge in [-0.1, -0.05) is 11.6 Å². The van der Waals surface area contributed by atoms with E-state index < -0.39 is 10.0 Å². The number of amides is 2. The van der Waals surface area contributed by atoms with Crippen LogP contribution in [0.2, 0.25) is 5.02 Å². The van der Waals surface area contributed by atoms with E-state index in [4.69, 9.17) is 16.5 Å². The highest BCUT2D eigenvalue weighted by atomic mass is 35.5. The van der Waals surface area contributed by atoms with Crippen LogP contribution in [0.5, 0.6) is 0 Å². The zero-order valence-corrected chi connectivity index (χ0v) is 21.3. The first-order valence-electron chi connectivity index (χ1n) is 11.0. The van der Waals surface area contributed by atoms with Gasteiger partial charge in [-0.3, -0.25) is 9.59 Å². The maximum absolute atomic E-state index is 13.2. The summed E-state index contributed by atoms with van der Waals surface area (Å²) in [5, 5.41) is 4.83. The Balaban J connectivity index is 1.16. The summed E-state index contributed by atoms with van der Waals surface area (Å²) in [6.45, 7) is 1.18. The van der Waals surface area contributed by atoms with Crippen LogP contribution in [0.25, 0.3) is 0 Å². The number of piperazine rings is 1. The zero-order valence-electron chi connectivity index (χ0n) is 18.9. The number of carbonyl (C=O) groups is 2. The van der Waals surface area contributed by atoms with Gasteiger partial charge in [0.05, 0.1) is 18.4 Å². The van der Waals surface area contributed by atoms with Gasteiger partial charge in [0.1, 0.15) is 4.21 Å². The average Bonchev–Trinajstić information content (AvgIpc) is 3.57. The fourth-order valence-corrected chi connectivity index (χ4v) is 6.87. The molecule has 2 amide bonds. The maximum Gasteiger partial charge on any atom is 0.254 e. The van der Waals surface area contributed by atoms with Crippen LogP contribution in [0, 0.1) is 0 Å². The number of hydrogen-bond acceptors (Lipinski definition) is 8. The molecule has 0 saturated carbocycles. The van der Waals surface area contributed by atoms with Crippen molar-refractivity contribution >= 4 is 44.8 Å². The van der Waals surface area contributed by atoms with Crippen LogP contribution in [-0.2, 0) is 26.3 Å². The monoisotopic (exact) mass is 547 g/mol. The highest BCUT2D eigenvalue weighted by Gasteiger charge is 2.32. The van der Waals surface area contributed by atoms with E-state index in [0.29, 0.717) is 21.9 Å². The van der Waals surface area contributed by atoms with Crippen molar-refractivity contribution in [1.29, 1.82) is 0 Å². The number of hydrogen-bond donors (Lipinski definition) is 2. The minimum absolute atomic E-state index is 0.161. The van der Waals surface area contributed by atoms with Gasteiger partial charge in [0.25, 0.3) is 21.8 Å². The van der Waals surface area contributed by atoms with Crippen molar-refractivity contribution in [2.45, 2.75) is 10.8 Å². The molecule has 3 aliphatic heterocycles. The molecule has 0 radical (unpaired) electrons. The van der Waals surface area contributed by atoms with E-state index in [2.05, 4.69) is 10.8 Å². The lowest BCUT2D eigenvalue weighted by Gasteiger charge is -2.34. The number of thiophene rings is 1. The van der Waals surface area contributed by atoms with Gasteiger partial charge in [-0.2, -0.15) is 9.24 Å². The van der Waals surface area contributed by atoms with Crippen LogP contribution in [-0.4, -0.2) is 60.7 Å². The summed E-state index contributed by atoms with van der Waals surface area (Å²) < 4.78 is 27.9. The summed E-state index contributed by atoms with van der Waals surface area (Å²) in [4.78, 5) is 32.7. The number of nitrogens with one attached hydrogen (secondary N) is 2. The number of hydroxylamine groups is 3. The quantitative estimate of drug-likeness (QED) is 0.570. The Kier molecular flexibility index (Phi) is 6.86. The van der Waals surface area contributed by atoms with Gasteiger partial charge in [0.15, 0.2) is 0 Å².